The molecule has 1 amide bonds. The normalized spacial score (nSPS) is 15.8. The van der Waals surface area contributed by atoms with Crippen molar-refractivity contribution in [3.8, 4) is 0 Å². The molecule has 0 heterocycles. The number of hydrogen-bond donors (Lipinski definition) is 1. The predicted molar refractivity (Wildman–Crippen MR) is 109 cm³/mol. The van der Waals surface area contributed by atoms with E-state index in [0.29, 0.717) is 12.3 Å². The zero-order valence-electron chi connectivity index (χ0n) is 15.9. The maximum atomic E-state index is 12.5. The molecule has 2 rings (SSSR count). The Labute approximate surface area is 156 Å². The summed E-state index contributed by atoms with van der Waals surface area (Å²) in [5.41, 5.74) is 3.36. The van der Waals surface area contributed by atoms with Gasteiger partial charge in [-0.05, 0) is 50.3 Å². The summed E-state index contributed by atoms with van der Waals surface area (Å²) >= 11 is 1.65. The van der Waals surface area contributed by atoms with Crippen molar-refractivity contribution in [3.05, 3.63) is 46.0 Å². The first-order valence-electron chi connectivity index (χ1n) is 9.17. The first kappa shape index (κ1) is 19.8. The van der Waals surface area contributed by atoms with Gasteiger partial charge >= 0.3 is 0 Å². The van der Waals surface area contributed by atoms with E-state index in [1.165, 1.54) is 32.1 Å². The zero-order chi connectivity index (χ0) is 18.2. The van der Waals surface area contributed by atoms with Gasteiger partial charge in [-0.25, -0.2) is 0 Å². The van der Waals surface area contributed by atoms with Crippen LogP contribution in [-0.2, 0) is 11.2 Å². The lowest BCUT2D eigenvalue weighted by Gasteiger charge is -2.24. The molecule has 4 heteroatoms. The van der Waals surface area contributed by atoms with Crippen molar-refractivity contribution in [2.24, 2.45) is 10.9 Å². The third-order valence-corrected chi connectivity index (χ3v) is 6.14. The minimum absolute atomic E-state index is 0.0390. The van der Waals surface area contributed by atoms with E-state index in [2.05, 4.69) is 10.3 Å². The first-order chi connectivity index (χ1) is 12.0. The van der Waals surface area contributed by atoms with Crippen LogP contribution in [0.2, 0.25) is 0 Å². The number of amides is 1. The zero-order valence-corrected chi connectivity index (χ0v) is 16.7. The average Bonchev–Trinajstić information content (AvgIpc) is 2.61. The SMILES string of the molecule is CN=C(SC(NC(=O)Cc1ccccc1C)=C(C)C)C1CCCCC1. The Morgan fingerprint density at radius 1 is 1.20 bits per heavy atom. The van der Waals surface area contributed by atoms with Gasteiger partial charge in [0.25, 0.3) is 0 Å². The second-order valence-corrected chi connectivity index (χ2v) is 8.01. The van der Waals surface area contributed by atoms with E-state index in [-0.39, 0.29) is 5.91 Å². The molecule has 0 aliphatic heterocycles. The fourth-order valence-electron chi connectivity index (χ4n) is 3.17. The standard InChI is InChI=1S/C21H30N2OS/c1-15(2)20(25-21(22-4)17-11-6-5-7-12-17)23-19(24)14-18-13-9-8-10-16(18)3/h8-10,13,17H,5-7,11-12,14H2,1-4H3,(H,23,24). The monoisotopic (exact) mass is 358 g/mol. The quantitative estimate of drug-likeness (QED) is 0.577. The summed E-state index contributed by atoms with van der Waals surface area (Å²) in [7, 11) is 1.87. The number of nitrogens with one attached hydrogen (secondary N) is 1. The van der Waals surface area contributed by atoms with Crippen LogP contribution < -0.4 is 5.32 Å². The number of nitrogens with zero attached hydrogens (tertiary/aromatic N) is 1. The molecule has 0 unspecified atom stereocenters. The number of allylic oxidation sites excluding steroid dienone is 1. The van der Waals surface area contributed by atoms with Gasteiger partial charge < -0.3 is 5.32 Å². The highest BCUT2D eigenvalue weighted by molar-refractivity contribution is 8.17. The Morgan fingerprint density at radius 3 is 2.48 bits per heavy atom. The van der Waals surface area contributed by atoms with E-state index < -0.39 is 0 Å². The van der Waals surface area contributed by atoms with E-state index in [1.54, 1.807) is 11.8 Å². The van der Waals surface area contributed by atoms with Crippen molar-refractivity contribution >= 4 is 22.7 Å². The van der Waals surface area contributed by atoms with Gasteiger partial charge in [0, 0.05) is 13.0 Å². The minimum atomic E-state index is 0.0390. The summed E-state index contributed by atoms with van der Waals surface area (Å²) in [6, 6.07) is 8.05. The van der Waals surface area contributed by atoms with Crippen LogP contribution in [0.5, 0.6) is 0 Å². The van der Waals surface area contributed by atoms with E-state index in [1.807, 2.05) is 52.1 Å². The van der Waals surface area contributed by atoms with Crippen LogP contribution in [0.3, 0.4) is 0 Å². The summed E-state index contributed by atoms with van der Waals surface area (Å²) in [6.07, 6.45) is 6.74. The molecule has 0 bridgehead atoms. The highest BCUT2D eigenvalue weighted by Gasteiger charge is 2.21. The van der Waals surface area contributed by atoms with Crippen LogP contribution in [0.1, 0.15) is 57.1 Å². The van der Waals surface area contributed by atoms with Crippen molar-refractivity contribution in [2.75, 3.05) is 7.05 Å². The van der Waals surface area contributed by atoms with Gasteiger partial charge in [-0.1, -0.05) is 55.3 Å². The van der Waals surface area contributed by atoms with Crippen molar-refractivity contribution in [1.82, 2.24) is 5.32 Å². The van der Waals surface area contributed by atoms with E-state index in [0.717, 1.165) is 26.8 Å². The number of aryl methyl sites for hydroxylation is 1. The van der Waals surface area contributed by atoms with Crippen LogP contribution in [0.4, 0.5) is 0 Å². The predicted octanol–water partition coefficient (Wildman–Crippen LogP) is 5.25. The van der Waals surface area contributed by atoms with Crippen LogP contribution in [0, 0.1) is 12.8 Å². The highest BCUT2D eigenvalue weighted by atomic mass is 32.2. The average molecular weight is 359 g/mol. The molecule has 3 nitrogen and oxygen atoms in total. The van der Waals surface area contributed by atoms with Crippen molar-refractivity contribution < 1.29 is 4.79 Å². The maximum absolute atomic E-state index is 12.5. The van der Waals surface area contributed by atoms with Gasteiger partial charge in [0.1, 0.15) is 0 Å². The Morgan fingerprint density at radius 2 is 1.88 bits per heavy atom. The fraction of sp³-hybridized carbons (Fsp3) is 0.524. The number of thioether (sulfide) groups is 1. The van der Waals surface area contributed by atoms with Crippen molar-refractivity contribution in [2.45, 2.75) is 59.3 Å². The molecule has 1 aliphatic rings. The van der Waals surface area contributed by atoms with Crippen molar-refractivity contribution in [3.63, 3.8) is 0 Å². The molecule has 0 spiro atoms. The number of benzene rings is 1. The van der Waals surface area contributed by atoms with Gasteiger partial charge in [-0.15, -0.1) is 0 Å². The summed E-state index contributed by atoms with van der Waals surface area (Å²) in [5, 5.41) is 5.21. The Hall–Kier alpha value is -1.55. The van der Waals surface area contributed by atoms with Crippen LogP contribution in [-0.4, -0.2) is 18.0 Å². The number of carbonyl (C=O) groups is 1. The fourth-order valence-corrected chi connectivity index (χ4v) is 4.24. The van der Waals surface area contributed by atoms with Gasteiger partial charge in [0.2, 0.25) is 5.91 Å². The van der Waals surface area contributed by atoms with E-state index >= 15 is 0 Å². The van der Waals surface area contributed by atoms with Gasteiger partial charge in [0.05, 0.1) is 16.5 Å². The summed E-state index contributed by atoms with van der Waals surface area (Å²) < 4.78 is 0. The van der Waals surface area contributed by atoms with Gasteiger partial charge in [0.15, 0.2) is 0 Å². The minimum Gasteiger partial charge on any atom is -0.320 e. The highest BCUT2D eigenvalue weighted by Crippen LogP contribution is 2.32. The number of aliphatic imine (C=N–C) groups is 1. The van der Waals surface area contributed by atoms with Crippen LogP contribution in [0.25, 0.3) is 0 Å². The molecule has 1 fully saturated rings. The van der Waals surface area contributed by atoms with Gasteiger partial charge in [-0.3, -0.25) is 9.79 Å². The summed E-state index contributed by atoms with van der Waals surface area (Å²) in [4.78, 5) is 17.1. The lowest BCUT2D eigenvalue weighted by molar-refractivity contribution is -0.119. The van der Waals surface area contributed by atoms with Gasteiger partial charge in [-0.2, -0.15) is 0 Å². The summed E-state index contributed by atoms with van der Waals surface area (Å²) in [6.45, 7) is 6.14. The molecule has 25 heavy (non-hydrogen) atoms. The van der Waals surface area contributed by atoms with Crippen LogP contribution >= 0.6 is 11.8 Å². The largest absolute Gasteiger partial charge is 0.320 e. The van der Waals surface area contributed by atoms with E-state index in [4.69, 9.17) is 0 Å². The first-order valence-corrected chi connectivity index (χ1v) is 9.99. The molecule has 1 aromatic rings. The molecule has 0 atom stereocenters. The molecular weight excluding hydrogens is 328 g/mol. The number of carbonyl (C=O) groups excluding carboxylic acids is 1. The molecule has 0 radical (unpaired) electrons. The molecule has 0 aromatic heterocycles. The second kappa shape index (κ2) is 9.81. The molecule has 1 N–H and O–H groups in total. The lowest BCUT2D eigenvalue weighted by atomic mass is 9.90. The molecule has 136 valence electrons. The third kappa shape index (κ3) is 6.03. The molecule has 1 aromatic carbocycles. The van der Waals surface area contributed by atoms with Crippen LogP contribution in [0.15, 0.2) is 39.9 Å². The Kier molecular flexibility index (Phi) is 7.76. The maximum Gasteiger partial charge on any atom is 0.229 e. The van der Waals surface area contributed by atoms with Crippen molar-refractivity contribution in [1.29, 1.82) is 0 Å². The Balaban J connectivity index is 2.02. The molecule has 1 aliphatic carbocycles. The lowest BCUT2D eigenvalue weighted by Crippen LogP contribution is -2.26. The number of rotatable bonds is 5. The smallest absolute Gasteiger partial charge is 0.229 e. The van der Waals surface area contributed by atoms with E-state index in [9.17, 15) is 4.79 Å². The number of hydrogen-bond acceptors (Lipinski definition) is 3. The summed E-state index contributed by atoms with van der Waals surface area (Å²) in [5.74, 6) is 0.587. The Bertz CT molecular complexity index is 654. The molecule has 0 saturated heterocycles. The molecule has 1 saturated carbocycles. The topological polar surface area (TPSA) is 41.5 Å². The third-order valence-electron chi connectivity index (χ3n) is 4.70. The molecular formula is C21H30N2OS. The second-order valence-electron chi connectivity index (χ2n) is 6.98.